The van der Waals surface area contributed by atoms with E-state index in [0.717, 1.165) is 27.6 Å². The lowest BCUT2D eigenvalue weighted by molar-refractivity contribution is -0.177. The number of ether oxygens (including phenoxy) is 4. The Bertz CT molecular complexity index is 1620. The summed E-state index contributed by atoms with van der Waals surface area (Å²) in [5.74, 6) is 0. The summed E-state index contributed by atoms with van der Waals surface area (Å²) in [7, 11) is 0. The first-order chi connectivity index (χ1) is 21.6. The number of hydrogen-bond acceptors (Lipinski definition) is 7. The maximum absolute atomic E-state index is 11.7. The fourth-order valence-corrected chi connectivity index (χ4v) is 5.95. The van der Waals surface area contributed by atoms with Gasteiger partial charge in [-0.1, -0.05) is 103 Å². The molecule has 6 rings (SSSR count). The number of fused-ring (bicyclic) bond motifs is 1. The van der Waals surface area contributed by atoms with Gasteiger partial charge in [-0.25, -0.2) is 9.97 Å². The first kappa shape index (κ1) is 30.4. The second kappa shape index (κ2) is 14.4. The second-order valence-electron chi connectivity index (χ2n) is 11.0. The van der Waals surface area contributed by atoms with Crippen LogP contribution < -0.4 is 0 Å². The largest absolute Gasteiger partial charge is 0.388 e. The van der Waals surface area contributed by atoms with Crippen LogP contribution in [0.5, 0.6) is 0 Å². The standard InChI is InChI=1S/C35H36ClN3O5/c1-24-18-39(34-31(24)33(36)37-23-38-34)35-28(40)17-29(42-20-26-13-7-3-8-14-26)32(43-21-27-15-9-4-10-16-27)30(44-35)22-41-19-25-11-5-2-6-12-25/h2-16,18,23,28-30,32,35,40H,17,19-22H2,1H3/t28-,29-,30-,32+,35-/m1/s1. The molecule has 5 aromatic rings. The van der Waals surface area contributed by atoms with E-state index < -0.39 is 30.6 Å². The van der Waals surface area contributed by atoms with Crippen molar-refractivity contribution < 1.29 is 24.1 Å². The molecule has 0 radical (unpaired) electrons. The summed E-state index contributed by atoms with van der Waals surface area (Å²) in [6, 6.07) is 30.0. The first-order valence-electron chi connectivity index (χ1n) is 14.8. The zero-order valence-electron chi connectivity index (χ0n) is 24.5. The van der Waals surface area contributed by atoms with Crippen LogP contribution in [-0.2, 0) is 38.8 Å². The molecular formula is C35H36ClN3O5. The molecule has 1 fully saturated rings. The maximum Gasteiger partial charge on any atom is 0.161 e. The third-order valence-electron chi connectivity index (χ3n) is 7.86. The Morgan fingerprint density at radius 3 is 2.07 bits per heavy atom. The molecule has 0 unspecified atom stereocenters. The average molecular weight is 614 g/mol. The van der Waals surface area contributed by atoms with Crippen LogP contribution in [0.4, 0.5) is 0 Å². The van der Waals surface area contributed by atoms with Gasteiger partial charge in [0.25, 0.3) is 0 Å². The average Bonchev–Trinajstić information content (AvgIpc) is 3.33. The number of hydrogen-bond donors (Lipinski definition) is 1. The number of nitrogens with zero attached hydrogens (tertiary/aromatic N) is 3. The molecule has 9 heteroatoms. The zero-order valence-corrected chi connectivity index (χ0v) is 25.3. The van der Waals surface area contributed by atoms with E-state index in [1.807, 2.05) is 109 Å². The monoisotopic (exact) mass is 613 g/mol. The van der Waals surface area contributed by atoms with E-state index in [1.165, 1.54) is 6.33 Å². The van der Waals surface area contributed by atoms with E-state index in [2.05, 4.69) is 9.97 Å². The van der Waals surface area contributed by atoms with Crippen LogP contribution in [0.3, 0.4) is 0 Å². The summed E-state index contributed by atoms with van der Waals surface area (Å²) in [5, 5.41) is 12.8. The van der Waals surface area contributed by atoms with Crippen LogP contribution in [0.25, 0.3) is 11.0 Å². The topological polar surface area (TPSA) is 87.9 Å². The van der Waals surface area contributed by atoms with Gasteiger partial charge in [-0.2, -0.15) is 0 Å². The summed E-state index contributed by atoms with van der Waals surface area (Å²) in [6.07, 6.45) is 0.218. The summed E-state index contributed by atoms with van der Waals surface area (Å²) in [5.41, 5.74) is 4.57. The van der Waals surface area contributed by atoms with Gasteiger partial charge in [0.1, 0.15) is 35.4 Å². The third-order valence-corrected chi connectivity index (χ3v) is 8.15. The predicted molar refractivity (Wildman–Crippen MR) is 168 cm³/mol. The SMILES string of the molecule is Cc1cn([C@@H]2O[C@H](COCc3ccccc3)[C@@H](OCc3ccccc3)[C@H](OCc3ccccc3)C[C@H]2O)c2ncnc(Cl)c12. The highest BCUT2D eigenvalue weighted by Crippen LogP contribution is 2.35. The van der Waals surface area contributed by atoms with Crippen molar-refractivity contribution in [2.24, 2.45) is 0 Å². The zero-order chi connectivity index (χ0) is 30.3. The molecular weight excluding hydrogens is 578 g/mol. The molecule has 0 bridgehead atoms. The Balaban J connectivity index is 1.33. The normalized spacial score (nSPS) is 22.2. The van der Waals surface area contributed by atoms with E-state index in [-0.39, 0.29) is 13.0 Å². The number of aliphatic hydroxyl groups excluding tert-OH is 1. The Kier molecular flexibility index (Phi) is 9.97. The minimum atomic E-state index is -0.943. The molecule has 0 aliphatic carbocycles. The van der Waals surface area contributed by atoms with Crippen LogP contribution in [-0.4, -0.2) is 50.7 Å². The molecule has 1 aliphatic rings. The number of rotatable bonds is 11. The van der Waals surface area contributed by atoms with Crippen molar-refractivity contribution in [1.82, 2.24) is 14.5 Å². The van der Waals surface area contributed by atoms with Crippen molar-refractivity contribution in [2.75, 3.05) is 6.61 Å². The van der Waals surface area contributed by atoms with E-state index in [4.69, 9.17) is 30.5 Å². The van der Waals surface area contributed by atoms with Crippen LogP contribution in [0.2, 0.25) is 5.15 Å². The van der Waals surface area contributed by atoms with Crippen LogP contribution in [0, 0.1) is 6.92 Å². The number of halogens is 1. The quantitative estimate of drug-likeness (QED) is 0.172. The van der Waals surface area contributed by atoms with Crippen LogP contribution in [0.15, 0.2) is 104 Å². The highest BCUT2D eigenvalue weighted by Gasteiger charge is 2.43. The van der Waals surface area contributed by atoms with Gasteiger partial charge in [0.05, 0.1) is 37.9 Å². The summed E-state index contributed by atoms with van der Waals surface area (Å²) in [4.78, 5) is 8.66. The lowest BCUT2D eigenvalue weighted by Gasteiger charge is -2.32. The third kappa shape index (κ3) is 7.18. The molecule has 8 nitrogen and oxygen atoms in total. The highest BCUT2D eigenvalue weighted by molar-refractivity contribution is 6.34. The van der Waals surface area contributed by atoms with Crippen molar-refractivity contribution in [1.29, 1.82) is 0 Å². The van der Waals surface area contributed by atoms with Gasteiger partial charge >= 0.3 is 0 Å². The lowest BCUT2D eigenvalue weighted by atomic mass is 10.0. The van der Waals surface area contributed by atoms with Crippen molar-refractivity contribution >= 4 is 22.6 Å². The number of benzene rings is 3. The van der Waals surface area contributed by atoms with Gasteiger partial charge in [0.2, 0.25) is 0 Å². The first-order valence-corrected chi connectivity index (χ1v) is 15.2. The molecule has 228 valence electrons. The molecule has 0 saturated carbocycles. The van der Waals surface area contributed by atoms with E-state index >= 15 is 0 Å². The Labute approximate surface area is 262 Å². The fraction of sp³-hybridized carbons (Fsp3) is 0.314. The molecule has 3 heterocycles. The number of aliphatic hydroxyl groups is 1. The van der Waals surface area contributed by atoms with Crippen molar-refractivity contribution in [3.63, 3.8) is 0 Å². The number of aromatic nitrogens is 3. The van der Waals surface area contributed by atoms with Gasteiger partial charge in [0, 0.05) is 12.6 Å². The van der Waals surface area contributed by atoms with Gasteiger partial charge < -0.3 is 28.6 Å². The summed E-state index contributed by atoms with van der Waals surface area (Å²) in [6.45, 7) is 3.28. The van der Waals surface area contributed by atoms with Gasteiger partial charge in [-0.05, 0) is 29.2 Å². The number of aryl methyl sites for hydroxylation is 1. The summed E-state index contributed by atoms with van der Waals surface area (Å²) >= 11 is 6.46. The van der Waals surface area contributed by atoms with E-state index in [1.54, 1.807) is 0 Å². The predicted octanol–water partition coefficient (Wildman–Crippen LogP) is 6.43. The van der Waals surface area contributed by atoms with Crippen molar-refractivity contribution in [3.05, 3.63) is 131 Å². The van der Waals surface area contributed by atoms with E-state index in [0.29, 0.717) is 30.6 Å². The molecule has 3 aromatic carbocycles. The lowest BCUT2D eigenvalue weighted by Crippen LogP contribution is -2.43. The Hall–Kier alpha value is -3.63. The van der Waals surface area contributed by atoms with Crippen LogP contribution in [0.1, 0.15) is 34.9 Å². The van der Waals surface area contributed by atoms with Gasteiger partial charge in [-0.3, -0.25) is 0 Å². The Morgan fingerprint density at radius 1 is 0.841 bits per heavy atom. The van der Waals surface area contributed by atoms with Crippen molar-refractivity contribution in [3.8, 4) is 0 Å². The molecule has 5 atom stereocenters. The van der Waals surface area contributed by atoms with Crippen LogP contribution >= 0.6 is 11.6 Å². The van der Waals surface area contributed by atoms with E-state index in [9.17, 15) is 5.11 Å². The Morgan fingerprint density at radius 2 is 1.43 bits per heavy atom. The van der Waals surface area contributed by atoms with Gasteiger partial charge in [-0.15, -0.1) is 0 Å². The minimum absolute atomic E-state index is 0.219. The molecule has 44 heavy (non-hydrogen) atoms. The molecule has 1 N–H and O–H groups in total. The molecule has 2 aromatic heterocycles. The molecule has 1 aliphatic heterocycles. The fourth-order valence-electron chi connectivity index (χ4n) is 5.67. The van der Waals surface area contributed by atoms with Crippen molar-refractivity contribution in [2.45, 2.75) is 63.8 Å². The smallest absolute Gasteiger partial charge is 0.161 e. The molecule has 1 saturated heterocycles. The second-order valence-corrected chi connectivity index (χ2v) is 11.4. The highest BCUT2D eigenvalue weighted by atomic mass is 35.5. The summed E-state index contributed by atoms with van der Waals surface area (Å²) < 4.78 is 28.0. The minimum Gasteiger partial charge on any atom is -0.388 e. The maximum atomic E-state index is 11.7. The van der Waals surface area contributed by atoms with Gasteiger partial charge in [0.15, 0.2) is 6.23 Å². The molecule has 0 amide bonds. The molecule has 0 spiro atoms.